The van der Waals surface area contributed by atoms with Crippen molar-refractivity contribution in [3.05, 3.63) is 53.6 Å². The minimum absolute atomic E-state index is 0.0886. The Hall–Kier alpha value is -2.69. The summed E-state index contributed by atoms with van der Waals surface area (Å²) < 4.78 is 10.7. The fourth-order valence-corrected chi connectivity index (χ4v) is 3.54. The van der Waals surface area contributed by atoms with Gasteiger partial charge in [-0.3, -0.25) is 4.79 Å². The molecule has 0 spiro atoms. The van der Waals surface area contributed by atoms with Gasteiger partial charge in [0.25, 0.3) is 0 Å². The van der Waals surface area contributed by atoms with Gasteiger partial charge < -0.3 is 19.7 Å². The molecule has 136 valence electrons. The van der Waals surface area contributed by atoms with Gasteiger partial charge in [-0.2, -0.15) is 0 Å². The van der Waals surface area contributed by atoms with Crippen molar-refractivity contribution >= 4 is 11.6 Å². The van der Waals surface area contributed by atoms with Crippen molar-refractivity contribution in [2.75, 3.05) is 24.8 Å². The van der Waals surface area contributed by atoms with Gasteiger partial charge in [0.1, 0.15) is 0 Å². The number of carbonyl (C=O) groups is 1. The zero-order chi connectivity index (χ0) is 17.9. The number of fused-ring (bicyclic) bond motifs is 1. The monoisotopic (exact) mass is 352 g/mol. The van der Waals surface area contributed by atoms with Crippen LogP contribution in [0.2, 0.25) is 0 Å². The number of ether oxygens (including phenoxy) is 2. The van der Waals surface area contributed by atoms with Gasteiger partial charge >= 0.3 is 0 Å². The van der Waals surface area contributed by atoms with Crippen molar-refractivity contribution in [3.63, 3.8) is 0 Å². The SMILES string of the molecule is Cc1ccc(N2CCC(C(=O)NCc3ccc4c(c3)OCO4)CC2)cc1. The summed E-state index contributed by atoms with van der Waals surface area (Å²) in [4.78, 5) is 14.9. The summed E-state index contributed by atoms with van der Waals surface area (Å²) in [5.74, 6) is 1.75. The highest BCUT2D eigenvalue weighted by Gasteiger charge is 2.25. The summed E-state index contributed by atoms with van der Waals surface area (Å²) in [6.07, 6.45) is 1.78. The quantitative estimate of drug-likeness (QED) is 0.918. The number of piperidine rings is 1. The lowest BCUT2D eigenvalue weighted by atomic mass is 9.95. The van der Waals surface area contributed by atoms with Gasteiger partial charge in [0.15, 0.2) is 11.5 Å². The van der Waals surface area contributed by atoms with E-state index in [0.717, 1.165) is 43.0 Å². The van der Waals surface area contributed by atoms with Gasteiger partial charge in [0.05, 0.1) is 0 Å². The van der Waals surface area contributed by atoms with E-state index >= 15 is 0 Å². The van der Waals surface area contributed by atoms with E-state index in [1.165, 1.54) is 11.3 Å². The Kier molecular flexibility index (Phi) is 4.69. The molecule has 5 heteroatoms. The topological polar surface area (TPSA) is 50.8 Å². The van der Waals surface area contributed by atoms with E-state index in [1.807, 2.05) is 18.2 Å². The van der Waals surface area contributed by atoms with E-state index in [-0.39, 0.29) is 18.6 Å². The molecule has 2 aliphatic rings. The van der Waals surface area contributed by atoms with Gasteiger partial charge in [-0.25, -0.2) is 0 Å². The van der Waals surface area contributed by atoms with E-state index in [9.17, 15) is 4.79 Å². The van der Waals surface area contributed by atoms with Crippen LogP contribution in [-0.2, 0) is 11.3 Å². The highest BCUT2D eigenvalue weighted by Crippen LogP contribution is 2.32. The van der Waals surface area contributed by atoms with Crippen LogP contribution in [0.25, 0.3) is 0 Å². The van der Waals surface area contributed by atoms with E-state index in [1.54, 1.807) is 0 Å². The number of benzene rings is 2. The molecule has 0 unspecified atom stereocenters. The number of hydrogen-bond donors (Lipinski definition) is 1. The average Bonchev–Trinajstić information content (AvgIpc) is 3.15. The maximum absolute atomic E-state index is 12.5. The lowest BCUT2D eigenvalue weighted by Gasteiger charge is -2.33. The van der Waals surface area contributed by atoms with Crippen molar-refractivity contribution in [3.8, 4) is 11.5 Å². The largest absolute Gasteiger partial charge is 0.454 e. The standard InChI is InChI=1S/C21H24N2O3/c1-15-2-5-18(6-3-15)23-10-8-17(9-11-23)21(24)22-13-16-4-7-19-20(12-16)26-14-25-19/h2-7,12,17H,8-11,13-14H2,1H3,(H,22,24). The van der Waals surface area contributed by atoms with Crippen LogP contribution < -0.4 is 19.7 Å². The molecule has 1 amide bonds. The zero-order valence-corrected chi connectivity index (χ0v) is 15.0. The van der Waals surface area contributed by atoms with Gasteiger partial charge in [0.2, 0.25) is 12.7 Å². The van der Waals surface area contributed by atoms with E-state index in [0.29, 0.717) is 6.54 Å². The number of carbonyl (C=O) groups excluding carboxylic acids is 1. The summed E-state index contributed by atoms with van der Waals surface area (Å²) >= 11 is 0. The smallest absolute Gasteiger partial charge is 0.231 e. The van der Waals surface area contributed by atoms with Crippen LogP contribution in [0.5, 0.6) is 11.5 Å². The zero-order valence-electron chi connectivity index (χ0n) is 15.0. The normalized spacial score (nSPS) is 16.6. The molecule has 0 saturated carbocycles. The fraction of sp³-hybridized carbons (Fsp3) is 0.381. The van der Waals surface area contributed by atoms with Crippen LogP contribution in [-0.4, -0.2) is 25.8 Å². The molecule has 2 aromatic rings. The highest BCUT2D eigenvalue weighted by atomic mass is 16.7. The molecule has 26 heavy (non-hydrogen) atoms. The number of anilines is 1. The Labute approximate surface area is 153 Å². The molecule has 1 fully saturated rings. The van der Waals surface area contributed by atoms with E-state index < -0.39 is 0 Å². The van der Waals surface area contributed by atoms with Gasteiger partial charge in [-0.15, -0.1) is 0 Å². The molecule has 5 nitrogen and oxygen atoms in total. The Morgan fingerprint density at radius 1 is 1.08 bits per heavy atom. The molecular formula is C21H24N2O3. The van der Waals surface area contributed by atoms with Crippen molar-refractivity contribution in [2.24, 2.45) is 5.92 Å². The van der Waals surface area contributed by atoms with Crippen LogP contribution >= 0.6 is 0 Å². The van der Waals surface area contributed by atoms with Crippen LogP contribution in [0.15, 0.2) is 42.5 Å². The highest BCUT2D eigenvalue weighted by molar-refractivity contribution is 5.79. The third-order valence-electron chi connectivity index (χ3n) is 5.17. The predicted molar refractivity (Wildman–Crippen MR) is 101 cm³/mol. The summed E-state index contributed by atoms with van der Waals surface area (Å²) in [6.45, 7) is 4.73. The summed E-state index contributed by atoms with van der Waals surface area (Å²) in [6, 6.07) is 14.4. The van der Waals surface area contributed by atoms with E-state index in [2.05, 4.69) is 41.4 Å². The molecule has 2 aromatic carbocycles. The Balaban J connectivity index is 1.27. The van der Waals surface area contributed by atoms with Crippen LogP contribution in [0.3, 0.4) is 0 Å². The van der Waals surface area contributed by atoms with Crippen molar-refractivity contribution in [1.82, 2.24) is 5.32 Å². The number of rotatable bonds is 4. The molecule has 0 bridgehead atoms. The van der Waals surface area contributed by atoms with Crippen molar-refractivity contribution in [1.29, 1.82) is 0 Å². The molecule has 1 saturated heterocycles. The maximum atomic E-state index is 12.5. The first kappa shape index (κ1) is 16.8. The first-order chi connectivity index (χ1) is 12.7. The average molecular weight is 352 g/mol. The molecule has 0 atom stereocenters. The lowest BCUT2D eigenvalue weighted by molar-refractivity contribution is -0.125. The number of nitrogens with zero attached hydrogens (tertiary/aromatic N) is 1. The molecule has 0 aliphatic carbocycles. The van der Waals surface area contributed by atoms with Crippen LogP contribution in [0.1, 0.15) is 24.0 Å². The Morgan fingerprint density at radius 2 is 1.81 bits per heavy atom. The van der Waals surface area contributed by atoms with Crippen molar-refractivity contribution < 1.29 is 14.3 Å². The van der Waals surface area contributed by atoms with Gasteiger partial charge in [-0.1, -0.05) is 23.8 Å². The first-order valence-electron chi connectivity index (χ1n) is 9.17. The number of aryl methyl sites for hydroxylation is 1. The summed E-state index contributed by atoms with van der Waals surface area (Å²) in [5, 5.41) is 3.07. The second kappa shape index (κ2) is 7.28. The molecule has 0 aromatic heterocycles. The van der Waals surface area contributed by atoms with Crippen LogP contribution in [0, 0.1) is 12.8 Å². The summed E-state index contributed by atoms with van der Waals surface area (Å²) in [5.41, 5.74) is 3.54. The number of nitrogens with one attached hydrogen (secondary N) is 1. The minimum atomic E-state index is 0.0886. The minimum Gasteiger partial charge on any atom is -0.454 e. The Morgan fingerprint density at radius 3 is 2.58 bits per heavy atom. The molecule has 2 heterocycles. The predicted octanol–water partition coefficient (Wildman–Crippen LogP) is 3.26. The Bertz CT molecular complexity index is 780. The number of amides is 1. The van der Waals surface area contributed by atoms with Crippen molar-refractivity contribution in [2.45, 2.75) is 26.3 Å². The van der Waals surface area contributed by atoms with Gasteiger partial charge in [-0.05, 0) is 49.6 Å². The third-order valence-corrected chi connectivity index (χ3v) is 5.17. The first-order valence-corrected chi connectivity index (χ1v) is 9.17. The molecular weight excluding hydrogens is 328 g/mol. The molecule has 2 aliphatic heterocycles. The second-order valence-corrected chi connectivity index (χ2v) is 7.00. The molecule has 1 N–H and O–H groups in total. The summed E-state index contributed by atoms with van der Waals surface area (Å²) in [7, 11) is 0. The third kappa shape index (κ3) is 3.62. The van der Waals surface area contributed by atoms with Gasteiger partial charge in [0, 0.05) is 31.2 Å². The molecule has 0 radical (unpaired) electrons. The lowest BCUT2D eigenvalue weighted by Crippen LogP contribution is -2.40. The number of hydrogen-bond acceptors (Lipinski definition) is 4. The fourth-order valence-electron chi connectivity index (χ4n) is 3.54. The molecule has 4 rings (SSSR count). The maximum Gasteiger partial charge on any atom is 0.231 e. The van der Waals surface area contributed by atoms with E-state index in [4.69, 9.17) is 9.47 Å². The second-order valence-electron chi connectivity index (χ2n) is 7.00. The van der Waals surface area contributed by atoms with Crippen LogP contribution in [0.4, 0.5) is 5.69 Å².